The molecule has 0 saturated heterocycles. The number of thiophene rings is 2. The molecule has 0 unspecified atom stereocenters. The molecule has 0 aliphatic rings. The van der Waals surface area contributed by atoms with E-state index in [-0.39, 0.29) is 0 Å². The lowest BCUT2D eigenvalue weighted by molar-refractivity contribution is 1.04. The lowest BCUT2D eigenvalue weighted by atomic mass is 9.98. The van der Waals surface area contributed by atoms with Gasteiger partial charge in [0.1, 0.15) is 0 Å². The molecular formula is C72H50N4S2. The van der Waals surface area contributed by atoms with Crippen molar-refractivity contribution in [1.29, 1.82) is 0 Å². The second kappa shape index (κ2) is 18.7. The molecule has 0 fully saturated rings. The van der Waals surface area contributed by atoms with Gasteiger partial charge in [-0.25, -0.2) is 0 Å². The Bertz CT molecular complexity index is 4730. The van der Waals surface area contributed by atoms with Gasteiger partial charge in [0, 0.05) is 103 Å². The van der Waals surface area contributed by atoms with Crippen LogP contribution in [0.4, 0.5) is 34.1 Å². The highest BCUT2D eigenvalue weighted by molar-refractivity contribution is 7.26. The largest absolute Gasteiger partial charge is 0.313 e. The summed E-state index contributed by atoms with van der Waals surface area (Å²) >= 11 is 3.72. The molecule has 15 rings (SSSR count). The zero-order chi connectivity index (χ0) is 51.8. The van der Waals surface area contributed by atoms with E-state index < -0.39 is 0 Å². The van der Waals surface area contributed by atoms with E-state index in [4.69, 9.17) is 0 Å². The van der Waals surface area contributed by atoms with E-state index in [0.717, 1.165) is 45.2 Å². The Morgan fingerprint density at radius 1 is 0.308 bits per heavy atom. The molecule has 0 radical (unpaired) electrons. The highest BCUT2D eigenvalue weighted by Crippen LogP contribution is 2.49. The first kappa shape index (κ1) is 45.9. The number of nitrogens with zero attached hydrogens (tertiary/aromatic N) is 4. The maximum absolute atomic E-state index is 2.48. The van der Waals surface area contributed by atoms with Crippen molar-refractivity contribution in [1.82, 2.24) is 9.13 Å². The molecule has 6 heteroatoms. The Kier molecular flexibility index (Phi) is 11.0. The zero-order valence-electron chi connectivity index (χ0n) is 43.0. The number of hydrogen-bond donors (Lipinski definition) is 0. The molecule has 0 atom stereocenters. The van der Waals surface area contributed by atoms with Crippen LogP contribution in [0.5, 0.6) is 0 Å². The third-order valence-corrected chi connectivity index (χ3v) is 18.0. The summed E-state index contributed by atoms with van der Waals surface area (Å²) in [4.78, 5) is 4.83. The van der Waals surface area contributed by atoms with E-state index in [2.05, 4.69) is 300 Å². The number of anilines is 6. The van der Waals surface area contributed by atoms with Gasteiger partial charge in [0.25, 0.3) is 0 Å². The smallest absolute Gasteiger partial charge is 0.0640 e. The molecule has 0 saturated carbocycles. The van der Waals surface area contributed by atoms with Crippen LogP contribution >= 0.6 is 22.7 Å². The van der Waals surface area contributed by atoms with Gasteiger partial charge in [0.2, 0.25) is 0 Å². The van der Waals surface area contributed by atoms with Gasteiger partial charge < -0.3 is 18.9 Å². The van der Waals surface area contributed by atoms with Gasteiger partial charge in [0.15, 0.2) is 0 Å². The van der Waals surface area contributed by atoms with Crippen LogP contribution in [0.15, 0.2) is 267 Å². The fourth-order valence-corrected chi connectivity index (χ4v) is 14.6. The van der Waals surface area contributed by atoms with Gasteiger partial charge in [-0.1, -0.05) is 152 Å². The second-order valence-electron chi connectivity index (χ2n) is 20.1. The van der Waals surface area contributed by atoms with Crippen molar-refractivity contribution in [2.45, 2.75) is 13.8 Å². The molecule has 78 heavy (non-hydrogen) atoms. The van der Waals surface area contributed by atoms with Crippen molar-refractivity contribution in [2.24, 2.45) is 0 Å². The Balaban J connectivity index is 0.914. The van der Waals surface area contributed by atoms with Crippen LogP contribution in [0.3, 0.4) is 0 Å². The summed E-state index contributed by atoms with van der Waals surface area (Å²) in [5, 5.41) is 7.56. The Morgan fingerprint density at radius 3 is 1.27 bits per heavy atom. The third-order valence-electron chi connectivity index (χ3n) is 15.7. The quantitative estimate of drug-likeness (QED) is 0.136. The first-order chi connectivity index (χ1) is 38.6. The average Bonchev–Trinajstić information content (AvgIpc) is 4.41. The van der Waals surface area contributed by atoms with Crippen LogP contribution in [-0.4, -0.2) is 9.13 Å². The SMILES string of the molecule is Cc1c(-c2ccccc2)c2cc3c(-c4ccccc4)c(C)n(-c4ccc(N(c5ccccc5)c5cccc6sc7ccccc7c56)cc4)c3cc2n1-c1ccc(N(c2ccccc2)c2cccc3c2sc2ccccc23)cc1. The molecule has 4 heterocycles. The normalized spacial score (nSPS) is 11.7. The van der Waals surface area contributed by atoms with E-state index >= 15 is 0 Å². The molecule has 11 aromatic carbocycles. The van der Waals surface area contributed by atoms with Gasteiger partial charge >= 0.3 is 0 Å². The van der Waals surface area contributed by atoms with Crippen molar-refractivity contribution in [3.8, 4) is 33.6 Å². The average molecular weight is 1040 g/mol. The number of para-hydroxylation sites is 2. The van der Waals surface area contributed by atoms with Crippen molar-refractivity contribution in [2.75, 3.05) is 9.80 Å². The minimum absolute atomic E-state index is 1.10. The summed E-state index contributed by atoms with van der Waals surface area (Å²) in [6.07, 6.45) is 0. The molecule has 370 valence electrons. The molecule has 4 aromatic heterocycles. The van der Waals surface area contributed by atoms with Crippen LogP contribution in [0.25, 0.3) is 95.8 Å². The predicted octanol–water partition coefficient (Wildman–Crippen LogP) is 21.2. The number of aromatic nitrogens is 2. The van der Waals surface area contributed by atoms with Crippen LogP contribution < -0.4 is 9.80 Å². The molecule has 0 N–H and O–H groups in total. The molecule has 0 aliphatic carbocycles. The maximum Gasteiger partial charge on any atom is 0.0640 e. The van der Waals surface area contributed by atoms with Crippen molar-refractivity contribution < 1.29 is 0 Å². The minimum Gasteiger partial charge on any atom is -0.313 e. The molecule has 0 bridgehead atoms. The van der Waals surface area contributed by atoms with Gasteiger partial charge in [0.05, 0.1) is 27.1 Å². The van der Waals surface area contributed by atoms with Gasteiger partial charge in [-0.2, -0.15) is 0 Å². The van der Waals surface area contributed by atoms with Gasteiger partial charge in [-0.3, -0.25) is 0 Å². The van der Waals surface area contributed by atoms with Crippen LogP contribution in [-0.2, 0) is 0 Å². The topological polar surface area (TPSA) is 16.3 Å². The van der Waals surface area contributed by atoms with Crippen LogP contribution in [0.1, 0.15) is 11.4 Å². The predicted molar refractivity (Wildman–Crippen MR) is 336 cm³/mol. The zero-order valence-corrected chi connectivity index (χ0v) is 44.6. The van der Waals surface area contributed by atoms with Crippen LogP contribution in [0.2, 0.25) is 0 Å². The summed E-state index contributed by atoms with van der Waals surface area (Å²) in [5.41, 5.74) is 18.5. The number of benzene rings is 11. The minimum atomic E-state index is 1.10. The molecule has 0 spiro atoms. The van der Waals surface area contributed by atoms with E-state index in [1.165, 1.54) is 96.1 Å². The summed E-state index contributed by atoms with van der Waals surface area (Å²) in [6, 6.07) is 97.7. The molecule has 15 aromatic rings. The first-order valence-corrected chi connectivity index (χ1v) is 28.2. The highest BCUT2D eigenvalue weighted by atomic mass is 32.1. The Labute approximate surface area is 460 Å². The number of hydrogen-bond acceptors (Lipinski definition) is 4. The van der Waals surface area contributed by atoms with Crippen molar-refractivity contribution >= 4 is 119 Å². The number of rotatable bonds is 10. The van der Waals surface area contributed by atoms with Gasteiger partial charge in [-0.15, -0.1) is 22.7 Å². The summed E-state index contributed by atoms with van der Waals surface area (Å²) in [6.45, 7) is 4.57. The monoisotopic (exact) mass is 1030 g/mol. The highest BCUT2D eigenvalue weighted by Gasteiger charge is 2.25. The molecule has 0 amide bonds. The van der Waals surface area contributed by atoms with Crippen molar-refractivity contribution in [3.63, 3.8) is 0 Å². The number of fused-ring (bicyclic) bond motifs is 8. The van der Waals surface area contributed by atoms with Crippen molar-refractivity contribution in [3.05, 3.63) is 278 Å². The lowest BCUT2D eigenvalue weighted by Gasteiger charge is -2.26. The van der Waals surface area contributed by atoms with Crippen LogP contribution in [0, 0.1) is 13.8 Å². The standard InChI is InChI=1S/C72H50N4S2/c1-47-69(49-21-7-3-8-22-49)60-45-61-65(46-64(60)73(47)53-37-41-55(42-38-53)75(51-25-11-5-12-26-51)62-32-20-36-68-71(62)59-30-16-18-35-67(59)77-68)74(48(2)70(61)50-23-9-4-10-24-50)54-39-43-56(44-40-54)76(52-27-13-6-14-28-52)63-33-19-31-58-57-29-15-17-34-66(57)78-72(58)63/h3-46H,1-2H3. The fourth-order valence-electron chi connectivity index (χ4n) is 12.3. The second-order valence-corrected chi connectivity index (χ2v) is 22.2. The maximum atomic E-state index is 2.48. The molecule has 4 nitrogen and oxygen atoms in total. The first-order valence-electron chi connectivity index (χ1n) is 26.6. The van der Waals surface area contributed by atoms with Gasteiger partial charge in [-0.05, 0) is 140 Å². The van der Waals surface area contributed by atoms with E-state index in [1.54, 1.807) is 0 Å². The van der Waals surface area contributed by atoms with E-state index in [0.29, 0.717) is 0 Å². The fraction of sp³-hybridized carbons (Fsp3) is 0.0278. The van der Waals surface area contributed by atoms with E-state index in [1.807, 2.05) is 22.7 Å². The molecule has 0 aliphatic heterocycles. The third kappa shape index (κ3) is 7.40. The summed E-state index contributed by atoms with van der Waals surface area (Å²) in [5.74, 6) is 0. The Hall–Kier alpha value is -9.46. The molecular weight excluding hydrogens is 985 g/mol. The lowest BCUT2D eigenvalue weighted by Crippen LogP contribution is -2.10. The summed E-state index contributed by atoms with van der Waals surface area (Å²) in [7, 11) is 0. The van der Waals surface area contributed by atoms with E-state index in [9.17, 15) is 0 Å². The Morgan fingerprint density at radius 2 is 0.718 bits per heavy atom. The summed E-state index contributed by atoms with van der Waals surface area (Å²) < 4.78 is 10.1.